The van der Waals surface area contributed by atoms with Crippen LogP contribution in [0.2, 0.25) is 0 Å². The average Bonchev–Trinajstić information content (AvgIpc) is 3.05. The van der Waals surface area contributed by atoms with E-state index in [2.05, 4.69) is 36.9 Å². The topological polar surface area (TPSA) is 22.4 Å². The SMILES string of the molecule is C=CC/C=C/CCCOc1ccc2cc(-c3ccccc3)oc2c1. The summed E-state index contributed by atoms with van der Waals surface area (Å²) in [5.41, 5.74) is 1.94. The predicted octanol–water partition coefficient (Wildman–Crippen LogP) is 6.39. The molecule has 0 spiro atoms. The lowest BCUT2D eigenvalue weighted by Gasteiger charge is -2.04. The zero-order valence-electron chi connectivity index (χ0n) is 13.8. The Hall–Kier alpha value is -2.74. The Bertz CT molecular complexity index is 812. The van der Waals surface area contributed by atoms with E-state index in [0.29, 0.717) is 6.61 Å². The predicted molar refractivity (Wildman–Crippen MR) is 100 cm³/mol. The number of hydrogen-bond donors (Lipinski definition) is 0. The molecule has 3 rings (SSSR count). The van der Waals surface area contributed by atoms with Crippen LogP contribution in [0.4, 0.5) is 0 Å². The number of hydrogen-bond acceptors (Lipinski definition) is 2. The molecule has 0 saturated carbocycles. The van der Waals surface area contributed by atoms with Gasteiger partial charge in [-0.05, 0) is 37.5 Å². The van der Waals surface area contributed by atoms with Crippen molar-refractivity contribution in [3.63, 3.8) is 0 Å². The molecule has 1 heterocycles. The number of unbranched alkanes of at least 4 members (excludes halogenated alkanes) is 1. The van der Waals surface area contributed by atoms with Crippen LogP contribution < -0.4 is 4.74 Å². The summed E-state index contributed by atoms with van der Waals surface area (Å²) in [6.07, 6.45) is 9.16. The molecule has 0 saturated heterocycles. The van der Waals surface area contributed by atoms with Gasteiger partial charge < -0.3 is 9.15 Å². The zero-order valence-corrected chi connectivity index (χ0v) is 13.8. The van der Waals surface area contributed by atoms with Gasteiger partial charge in [0.2, 0.25) is 0 Å². The van der Waals surface area contributed by atoms with E-state index in [4.69, 9.17) is 9.15 Å². The van der Waals surface area contributed by atoms with Crippen molar-refractivity contribution in [2.24, 2.45) is 0 Å². The van der Waals surface area contributed by atoms with Crippen LogP contribution in [0.25, 0.3) is 22.3 Å². The number of fused-ring (bicyclic) bond motifs is 1. The Morgan fingerprint density at radius 3 is 2.71 bits per heavy atom. The molecule has 3 aromatic rings. The summed E-state index contributed by atoms with van der Waals surface area (Å²) in [6, 6.07) is 18.2. The molecule has 0 atom stereocenters. The van der Waals surface area contributed by atoms with Crippen LogP contribution in [0, 0.1) is 0 Å². The fraction of sp³-hybridized carbons (Fsp3) is 0.182. The summed E-state index contributed by atoms with van der Waals surface area (Å²) in [5.74, 6) is 1.74. The molecule has 1 aromatic heterocycles. The molecule has 24 heavy (non-hydrogen) atoms. The Balaban J connectivity index is 1.61. The average molecular weight is 318 g/mol. The minimum atomic E-state index is 0.705. The van der Waals surface area contributed by atoms with Gasteiger partial charge in [-0.3, -0.25) is 0 Å². The zero-order chi connectivity index (χ0) is 16.6. The van der Waals surface area contributed by atoms with Gasteiger partial charge in [0, 0.05) is 17.0 Å². The van der Waals surface area contributed by atoms with Crippen molar-refractivity contribution in [1.82, 2.24) is 0 Å². The molecule has 0 bridgehead atoms. The molecule has 0 aliphatic carbocycles. The molecular formula is C22H22O2. The maximum absolute atomic E-state index is 5.97. The van der Waals surface area contributed by atoms with E-state index in [1.165, 1.54) is 0 Å². The van der Waals surface area contributed by atoms with E-state index in [1.807, 2.05) is 42.5 Å². The van der Waals surface area contributed by atoms with Gasteiger partial charge in [0.15, 0.2) is 0 Å². The van der Waals surface area contributed by atoms with Crippen molar-refractivity contribution in [2.45, 2.75) is 19.3 Å². The fourth-order valence-electron chi connectivity index (χ4n) is 2.55. The van der Waals surface area contributed by atoms with Gasteiger partial charge >= 0.3 is 0 Å². The van der Waals surface area contributed by atoms with Crippen LogP contribution in [0.5, 0.6) is 5.75 Å². The molecule has 0 N–H and O–H groups in total. The summed E-state index contributed by atoms with van der Waals surface area (Å²) >= 11 is 0. The summed E-state index contributed by atoms with van der Waals surface area (Å²) in [4.78, 5) is 0. The lowest BCUT2D eigenvalue weighted by molar-refractivity contribution is 0.312. The van der Waals surface area contributed by atoms with Crippen LogP contribution in [0.3, 0.4) is 0 Å². The standard InChI is InChI=1S/C22H22O2/c1-2-3-4-5-6-10-15-23-20-14-13-19-16-21(24-22(19)17-20)18-11-8-7-9-12-18/h2,4-5,7-9,11-14,16-17H,1,3,6,10,15H2/b5-4+. The monoisotopic (exact) mass is 318 g/mol. The Labute approximate surface area is 143 Å². The largest absolute Gasteiger partial charge is 0.493 e. The van der Waals surface area contributed by atoms with Crippen LogP contribution >= 0.6 is 0 Å². The second-order valence-corrected chi connectivity index (χ2v) is 5.66. The molecule has 2 aromatic carbocycles. The summed E-state index contributed by atoms with van der Waals surface area (Å²) < 4.78 is 11.8. The highest BCUT2D eigenvalue weighted by Crippen LogP contribution is 2.30. The van der Waals surface area contributed by atoms with Crippen molar-refractivity contribution in [1.29, 1.82) is 0 Å². The smallest absolute Gasteiger partial charge is 0.138 e. The van der Waals surface area contributed by atoms with E-state index in [-0.39, 0.29) is 0 Å². The molecule has 0 radical (unpaired) electrons. The molecule has 2 heteroatoms. The van der Waals surface area contributed by atoms with Crippen LogP contribution in [-0.4, -0.2) is 6.61 Å². The first-order valence-corrected chi connectivity index (χ1v) is 8.34. The highest BCUT2D eigenvalue weighted by atomic mass is 16.5. The maximum Gasteiger partial charge on any atom is 0.138 e. The van der Waals surface area contributed by atoms with Crippen molar-refractivity contribution in [3.05, 3.63) is 79.4 Å². The molecule has 122 valence electrons. The normalized spacial score (nSPS) is 11.2. The molecular weight excluding hydrogens is 296 g/mol. The van der Waals surface area contributed by atoms with Gasteiger partial charge in [-0.2, -0.15) is 0 Å². The highest BCUT2D eigenvalue weighted by Gasteiger charge is 2.07. The first-order valence-electron chi connectivity index (χ1n) is 8.34. The number of rotatable bonds is 8. The summed E-state index contributed by atoms with van der Waals surface area (Å²) in [7, 11) is 0. The minimum absolute atomic E-state index is 0.705. The van der Waals surface area contributed by atoms with Crippen molar-refractivity contribution >= 4 is 11.0 Å². The molecule has 0 amide bonds. The van der Waals surface area contributed by atoms with Gasteiger partial charge in [0.1, 0.15) is 17.1 Å². The number of furan rings is 1. The van der Waals surface area contributed by atoms with Gasteiger partial charge in [0.25, 0.3) is 0 Å². The first kappa shape index (κ1) is 16.1. The van der Waals surface area contributed by atoms with Crippen molar-refractivity contribution in [3.8, 4) is 17.1 Å². The van der Waals surface area contributed by atoms with E-state index in [0.717, 1.165) is 47.3 Å². The van der Waals surface area contributed by atoms with Gasteiger partial charge in [0.05, 0.1) is 6.61 Å². The van der Waals surface area contributed by atoms with Gasteiger partial charge in [-0.1, -0.05) is 48.6 Å². The maximum atomic E-state index is 5.97. The van der Waals surface area contributed by atoms with Gasteiger partial charge in [-0.25, -0.2) is 0 Å². The Morgan fingerprint density at radius 1 is 1.00 bits per heavy atom. The van der Waals surface area contributed by atoms with Crippen LogP contribution in [-0.2, 0) is 0 Å². The van der Waals surface area contributed by atoms with Crippen LogP contribution in [0.15, 0.2) is 83.8 Å². The van der Waals surface area contributed by atoms with E-state index in [1.54, 1.807) is 0 Å². The van der Waals surface area contributed by atoms with Crippen molar-refractivity contribution in [2.75, 3.05) is 6.61 Å². The molecule has 0 fully saturated rings. The lowest BCUT2D eigenvalue weighted by Crippen LogP contribution is -1.96. The minimum Gasteiger partial charge on any atom is -0.493 e. The number of benzene rings is 2. The lowest BCUT2D eigenvalue weighted by atomic mass is 10.1. The number of ether oxygens (including phenoxy) is 1. The summed E-state index contributed by atoms with van der Waals surface area (Å²) in [5, 5.41) is 1.09. The molecule has 0 aliphatic rings. The third-order valence-electron chi connectivity index (χ3n) is 3.80. The van der Waals surface area contributed by atoms with Crippen molar-refractivity contribution < 1.29 is 9.15 Å². The third-order valence-corrected chi connectivity index (χ3v) is 3.80. The second-order valence-electron chi connectivity index (χ2n) is 5.66. The van der Waals surface area contributed by atoms with E-state index >= 15 is 0 Å². The highest BCUT2D eigenvalue weighted by molar-refractivity contribution is 5.83. The molecule has 0 aliphatic heterocycles. The Kier molecular flexibility index (Phi) is 5.52. The third kappa shape index (κ3) is 4.17. The molecule has 2 nitrogen and oxygen atoms in total. The quantitative estimate of drug-likeness (QED) is 0.354. The Morgan fingerprint density at radius 2 is 1.88 bits per heavy atom. The fourth-order valence-corrected chi connectivity index (χ4v) is 2.55. The van der Waals surface area contributed by atoms with E-state index in [9.17, 15) is 0 Å². The van der Waals surface area contributed by atoms with Crippen LogP contribution in [0.1, 0.15) is 19.3 Å². The summed E-state index contributed by atoms with van der Waals surface area (Å²) in [6.45, 7) is 4.40. The van der Waals surface area contributed by atoms with Gasteiger partial charge in [-0.15, -0.1) is 6.58 Å². The first-order chi connectivity index (χ1) is 11.9. The number of allylic oxidation sites excluding steroid dienone is 3. The van der Waals surface area contributed by atoms with E-state index < -0.39 is 0 Å². The molecule has 0 unspecified atom stereocenters. The second kappa shape index (κ2) is 8.21.